The zero-order valence-corrected chi connectivity index (χ0v) is 20.6. The van der Waals surface area contributed by atoms with Crippen LogP contribution in [0.2, 0.25) is 0 Å². The lowest BCUT2D eigenvalue weighted by Crippen LogP contribution is -2.32. The minimum Gasteiger partial charge on any atom is -0.335 e. The van der Waals surface area contributed by atoms with Crippen molar-refractivity contribution in [1.29, 1.82) is 0 Å². The Balaban J connectivity index is 1.51. The number of halogens is 1. The van der Waals surface area contributed by atoms with E-state index in [0.717, 1.165) is 4.47 Å². The molecule has 0 unspecified atom stereocenters. The van der Waals surface area contributed by atoms with Gasteiger partial charge in [-0.15, -0.1) is 0 Å². The predicted octanol–water partition coefficient (Wildman–Crippen LogP) is 9.57. The van der Waals surface area contributed by atoms with Gasteiger partial charge in [-0.2, -0.15) is 0 Å². The maximum atomic E-state index is 3.54. The van der Waals surface area contributed by atoms with E-state index < -0.39 is 0 Å². The summed E-state index contributed by atoms with van der Waals surface area (Å²) in [6.07, 6.45) is 6.54. The quantitative estimate of drug-likeness (QED) is 0.235. The normalized spacial score (nSPS) is 15.8. The molecule has 164 valence electrons. The van der Waals surface area contributed by atoms with Gasteiger partial charge in [0.15, 0.2) is 0 Å². The number of nitrogens with zero attached hydrogens (tertiary/aromatic N) is 1. The van der Waals surface area contributed by atoms with Gasteiger partial charge >= 0.3 is 0 Å². The highest BCUT2D eigenvalue weighted by atomic mass is 79.9. The van der Waals surface area contributed by atoms with Crippen LogP contribution in [0.3, 0.4) is 0 Å². The first-order valence-corrected chi connectivity index (χ1v) is 12.8. The van der Waals surface area contributed by atoms with E-state index in [1.807, 2.05) is 0 Å². The fourth-order valence-electron chi connectivity index (χ4n) is 5.79. The Morgan fingerprint density at radius 3 is 2.03 bits per heavy atom. The molecule has 0 bridgehead atoms. The molecule has 0 amide bonds. The first kappa shape index (κ1) is 20.7. The molecule has 33 heavy (non-hydrogen) atoms. The molecule has 5 aromatic rings. The molecule has 2 heteroatoms. The maximum Gasteiger partial charge on any atom is 0.0496 e. The fraction of sp³-hybridized carbons (Fsp3) is 0.226. The van der Waals surface area contributed by atoms with Gasteiger partial charge in [-0.25, -0.2) is 0 Å². The summed E-state index contributed by atoms with van der Waals surface area (Å²) in [7, 11) is 0. The molecule has 1 fully saturated rings. The van der Waals surface area contributed by atoms with Crippen molar-refractivity contribution in [3.8, 4) is 22.3 Å². The van der Waals surface area contributed by atoms with E-state index in [4.69, 9.17) is 0 Å². The van der Waals surface area contributed by atoms with E-state index in [1.54, 1.807) is 0 Å². The van der Waals surface area contributed by atoms with Crippen LogP contribution in [-0.4, -0.2) is 4.57 Å². The summed E-state index contributed by atoms with van der Waals surface area (Å²) >= 11 is 3.54. The van der Waals surface area contributed by atoms with Crippen LogP contribution in [-0.2, 0) is 5.54 Å². The zero-order valence-electron chi connectivity index (χ0n) is 19.0. The predicted molar refractivity (Wildman–Crippen MR) is 145 cm³/mol. The molecule has 1 aliphatic carbocycles. The SMILES string of the molecule is CC1(n2c3ccccc3c3cc(-c4cccc(-c5ccc(Br)cc5)c4)ccc32)CCCCC1. The van der Waals surface area contributed by atoms with E-state index >= 15 is 0 Å². The van der Waals surface area contributed by atoms with E-state index in [9.17, 15) is 0 Å². The van der Waals surface area contributed by atoms with Crippen LogP contribution in [0.15, 0.2) is 95.5 Å². The van der Waals surface area contributed by atoms with Crippen LogP contribution in [0.1, 0.15) is 39.0 Å². The summed E-state index contributed by atoms with van der Waals surface area (Å²) in [6.45, 7) is 2.47. The molecule has 0 N–H and O–H groups in total. The Hall–Kier alpha value is -2.84. The summed E-state index contributed by atoms with van der Waals surface area (Å²) in [5.74, 6) is 0. The Kier molecular flexibility index (Phi) is 5.14. The van der Waals surface area contributed by atoms with Gasteiger partial charge in [0.2, 0.25) is 0 Å². The second-order valence-corrected chi connectivity index (χ2v) is 10.6. The average molecular weight is 494 g/mol. The van der Waals surface area contributed by atoms with Crippen LogP contribution in [0.5, 0.6) is 0 Å². The Bertz CT molecular complexity index is 1450. The molecule has 4 aromatic carbocycles. The Morgan fingerprint density at radius 2 is 1.24 bits per heavy atom. The molecule has 0 radical (unpaired) electrons. The third kappa shape index (κ3) is 3.61. The highest BCUT2D eigenvalue weighted by Crippen LogP contribution is 2.42. The number of hydrogen-bond acceptors (Lipinski definition) is 0. The smallest absolute Gasteiger partial charge is 0.0496 e. The van der Waals surface area contributed by atoms with Crippen molar-refractivity contribution in [2.75, 3.05) is 0 Å². The average Bonchev–Trinajstić information content (AvgIpc) is 3.20. The van der Waals surface area contributed by atoms with Gasteiger partial charge in [-0.3, -0.25) is 0 Å². The van der Waals surface area contributed by atoms with Crippen molar-refractivity contribution >= 4 is 37.7 Å². The fourth-order valence-corrected chi connectivity index (χ4v) is 6.06. The van der Waals surface area contributed by atoms with Gasteiger partial charge < -0.3 is 4.57 Å². The molecule has 1 aromatic heterocycles. The topological polar surface area (TPSA) is 4.93 Å². The second-order valence-electron chi connectivity index (χ2n) is 9.73. The third-order valence-electron chi connectivity index (χ3n) is 7.52. The number of fused-ring (bicyclic) bond motifs is 3. The summed E-state index contributed by atoms with van der Waals surface area (Å²) in [4.78, 5) is 0. The minimum atomic E-state index is 0.197. The van der Waals surface area contributed by atoms with Crippen molar-refractivity contribution in [2.24, 2.45) is 0 Å². The lowest BCUT2D eigenvalue weighted by molar-refractivity contribution is 0.232. The van der Waals surface area contributed by atoms with Crippen LogP contribution < -0.4 is 0 Å². The van der Waals surface area contributed by atoms with E-state index in [-0.39, 0.29) is 5.54 Å². The molecule has 1 heterocycles. The number of para-hydroxylation sites is 1. The standard InChI is InChI=1S/C31H28BrN/c1-31(18-5-2-6-19-31)33-29-11-4-3-10-27(29)28-21-25(14-17-30(28)33)24-9-7-8-23(20-24)22-12-15-26(32)16-13-22/h3-4,7-17,20-21H,2,5-6,18-19H2,1H3. The van der Waals surface area contributed by atoms with E-state index in [0.29, 0.717) is 0 Å². The highest BCUT2D eigenvalue weighted by molar-refractivity contribution is 9.10. The number of aromatic nitrogens is 1. The summed E-state index contributed by atoms with van der Waals surface area (Å²) in [5, 5.41) is 2.73. The van der Waals surface area contributed by atoms with Crippen molar-refractivity contribution < 1.29 is 0 Å². The molecular weight excluding hydrogens is 466 g/mol. The van der Waals surface area contributed by atoms with E-state index in [2.05, 4.69) is 118 Å². The first-order valence-electron chi connectivity index (χ1n) is 12.0. The van der Waals surface area contributed by atoms with Gasteiger partial charge in [0, 0.05) is 31.8 Å². The number of rotatable bonds is 3. The molecule has 1 aliphatic rings. The van der Waals surface area contributed by atoms with Crippen LogP contribution in [0.4, 0.5) is 0 Å². The van der Waals surface area contributed by atoms with E-state index in [1.165, 1.54) is 76.2 Å². The lowest BCUT2D eigenvalue weighted by atomic mass is 9.83. The van der Waals surface area contributed by atoms with Crippen LogP contribution in [0.25, 0.3) is 44.1 Å². The molecule has 0 atom stereocenters. The summed E-state index contributed by atoms with van der Waals surface area (Å²) in [6, 6.07) is 33.5. The minimum absolute atomic E-state index is 0.197. The second kappa shape index (κ2) is 8.18. The van der Waals surface area contributed by atoms with Crippen molar-refractivity contribution in [3.63, 3.8) is 0 Å². The third-order valence-corrected chi connectivity index (χ3v) is 8.05. The molecule has 0 aliphatic heterocycles. The van der Waals surface area contributed by atoms with Gasteiger partial charge in [0.25, 0.3) is 0 Å². The monoisotopic (exact) mass is 493 g/mol. The number of hydrogen-bond donors (Lipinski definition) is 0. The molecular formula is C31H28BrN. The highest BCUT2D eigenvalue weighted by Gasteiger charge is 2.31. The molecule has 0 spiro atoms. The van der Waals surface area contributed by atoms with Crippen molar-refractivity contribution in [2.45, 2.75) is 44.6 Å². The summed E-state index contributed by atoms with van der Waals surface area (Å²) in [5.41, 5.74) is 7.96. The van der Waals surface area contributed by atoms with Crippen LogP contribution >= 0.6 is 15.9 Å². The van der Waals surface area contributed by atoms with Gasteiger partial charge in [-0.05, 0) is 78.4 Å². The maximum absolute atomic E-state index is 3.54. The van der Waals surface area contributed by atoms with Gasteiger partial charge in [-0.1, -0.05) is 89.8 Å². The van der Waals surface area contributed by atoms with Crippen molar-refractivity contribution in [1.82, 2.24) is 4.57 Å². The van der Waals surface area contributed by atoms with Crippen LogP contribution in [0, 0.1) is 0 Å². The molecule has 6 rings (SSSR count). The largest absolute Gasteiger partial charge is 0.335 e. The molecule has 1 saturated carbocycles. The Morgan fingerprint density at radius 1 is 0.606 bits per heavy atom. The molecule has 1 nitrogen and oxygen atoms in total. The summed E-state index contributed by atoms with van der Waals surface area (Å²) < 4.78 is 3.76. The van der Waals surface area contributed by atoms with Crippen molar-refractivity contribution in [3.05, 3.63) is 95.5 Å². The number of benzene rings is 4. The Labute approximate surface area is 204 Å². The van der Waals surface area contributed by atoms with Gasteiger partial charge in [0.1, 0.15) is 0 Å². The first-order chi connectivity index (χ1) is 16.1. The van der Waals surface area contributed by atoms with Gasteiger partial charge in [0.05, 0.1) is 0 Å². The lowest BCUT2D eigenvalue weighted by Gasteiger charge is -2.37. The molecule has 0 saturated heterocycles. The zero-order chi connectivity index (χ0) is 22.4.